The molecule has 3 aliphatic rings. The van der Waals surface area contributed by atoms with E-state index in [4.69, 9.17) is 9.47 Å². The standard InChI is InChI=1S/C44H53N3O4/c1-30-39(26-47-29-44(4)23-37(47)22-43(2,3)28-44)50-41(51-40(30)34-16-14-32(27-48)15-17-34)35-20-18-33(19-21-35)38-13-9-8-12-36(38)25-46-42(49)45-24-31-10-6-5-7-11-31/h5-21,30,37,39-41,48H,22-29H2,1-4H3,(H2,45,46,49)/t30-,37?,39+,40+,41+,44?/m1/s1. The molecule has 7 rings (SSSR count). The highest BCUT2D eigenvalue weighted by atomic mass is 16.7. The molecule has 0 radical (unpaired) electrons. The highest BCUT2D eigenvalue weighted by molar-refractivity contribution is 5.75. The van der Waals surface area contributed by atoms with Crippen LogP contribution in [0.3, 0.4) is 0 Å². The fourth-order valence-corrected chi connectivity index (χ4v) is 9.14. The Bertz CT molecular complexity index is 1780. The number of benzene rings is 4. The minimum absolute atomic E-state index is 0.00292. The molecule has 4 aromatic carbocycles. The zero-order chi connectivity index (χ0) is 35.6. The summed E-state index contributed by atoms with van der Waals surface area (Å²) in [6, 6.07) is 35.1. The fraction of sp³-hybridized carbons (Fsp3) is 0.432. The van der Waals surface area contributed by atoms with Gasteiger partial charge in [0.1, 0.15) is 0 Å². The van der Waals surface area contributed by atoms with E-state index >= 15 is 0 Å². The zero-order valence-corrected chi connectivity index (χ0v) is 30.5. The molecule has 4 aromatic rings. The molecule has 2 heterocycles. The van der Waals surface area contributed by atoms with Crippen LogP contribution in [0.4, 0.5) is 4.79 Å². The number of carbonyl (C=O) groups is 1. The lowest BCUT2D eigenvalue weighted by Gasteiger charge is -2.43. The van der Waals surface area contributed by atoms with Crippen LogP contribution in [0.5, 0.6) is 0 Å². The quantitative estimate of drug-likeness (QED) is 0.156. The number of amides is 2. The monoisotopic (exact) mass is 687 g/mol. The molecule has 2 amide bonds. The fourth-order valence-electron chi connectivity index (χ4n) is 9.14. The maximum Gasteiger partial charge on any atom is 0.315 e. The Hall–Kier alpha value is -4.01. The maximum absolute atomic E-state index is 12.6. The number of nitrogens with one attached hydrogen (secondary N) is 2. The van der Waals surface area contributed by atoms with Crippen LogP contribution in [0, 0.1) is 16.7 Å². The Morgan fingerprint density at radius 3 is 2.24 bits per heavy atom. The molecule has 6 atom stereocenters. The van der Waals surface area contributed by atoms with Crippen LogP contribution in [0.1, 0.15) is 87.2 Å². The van der Waals surface area contributed by atoms with Crippen molar-refractivity contribution in [1.82, 2.24) is 15.5 Å². The molecule has 51 heavy (non-hydrogen) atoms. The molecule has 2 saturated heterocycles. The Balaban J connectivity index is 1.07. The number of likely N-dealkylation sites (tertiary alicyclic amines) is 1. The van der Waals surface area contributed by atoms with Gasteiger partial charge in [0.25, 0.3) is 0 Å². The van der Waals surface area contributed by atoms with Crippen molar-refractivity contribution in [3.05, 3.63) is 131 Å². The first-order valence-corrected chi connectivity index (χ1v) is 18.6. The van der Waals surface area contributed by atoms with Crippen LogP contribution in [-0.2, 0) is 29.2 Å². The number of urea groups is 1. The Kier molecular flexibility index (Phi) is 10.4. The molecule has 1 aliphatic carbocycles. The van der Waals surface area contributed by atoms with Gasteiger partial charge in [0, 0.05) is 43.7 Å². The normalized spacial score (nSPS) is 27.2. The highest BCUT2D eigenvalue weighted by Crippen LogP contribution is 2.53. The van der Waals surface area contributed by atoms with Gasteiger partial charge in [0.05, 0.1) is 18.8 Å². The molecule has 7 heteroatoms. The topological polar surface area (TPSA) is 83.1 Å². The van der Waals surface area contributed by atoms with Gasteiger partial charge in [-0.15, -0.1) is 0 Å². The molecule has 0 aromatic heterocycles. The van der Waals surface area contributed by atoms with E-state index in [1.54, 1.807) is 0 Å². The molecule has 3 fully saturated rings. The Labute approximate surface area is 303 Å². The van der Waals surface area contributed by atoms with Crippen molar-refractivity contribution in [2.45, 2.75) is 91.2 Å². The van der Waals surface area contributed by atoms with Crippen LogP contribution in [0.15, 0.2) is 103 Å². The summed E-state index contributed by atoms with van der Waals surface area (Å²) in [5.74, 6) is 0.144. The van der Waals surface area contributed by atoms with Crippen LogP contribution in [0.25, 0.3) is 11.1 Å². The second-order valence-corrected chi connectivity index (χ2v) is 16.3. The average molecular weight is 688 g/mol. The molecule has 2 unspecified atom stereocenters. The number of hydrogen-bond donors (Lipinski definition) is 3. The summed E-state index contributed by atoms with van der Waals surface area (Å²) in [7, 11) is 0. The van der Waals surface area contributed by atoms with E-state index in [0.717, 1.165) is 52.0 Å². The average Bonchev–Trinajstić information content (AvgIpc) is 3.38. The van der Waals surface area contributed by atoms with Gasteiger partial charge < -0.3 is 25.2 Å². The lowest BCUT2D eigenvalue weighted by molar-refractivity contribution is -0.276. The van der Waals surface area contributed by atoms with Crippen molar-refractivity contribution in [1.29, 1.82) is 0 Å². The van der Waals surface area contributed by atoms with Gasteiger partial charge in [-0.1, -0.05) is 131 Å². The van der Waals surface area contributed by atoms with E-state index in [1.165, 1.54) is 19.3 Å². The van der Waals surface area contributed by atoms with Gasteiger partial charge >= 0.3 is 6.03 Å². The molecule has 268 valence electrons. The van der Waals surface area contributed by atoms with Gasteiger partial charge in [-0.3, -0.25) is 4.90 Å². The van der Waals surface area contributed by atoms with E-state index < -0.39 is 6.29 Å². The van der Waals surface area contributed by atoms with Crippen LogP contribution >= 0.6 is 0 Å². The van der Waals surface area contributed by atoms with E-state index in [9.17, 15) is 9.90 Å². The molecular formula is C44H53N3O4. The molecule has 3 N–H and O–H groups in total. The number of aliphatic hydroxyl groups is 1. The second kappa shape index (κ2) is 14.9. The SMILES string of the molecule is C[C@@H]1[C@H](CN2CC3(C)CC2CC(C)(C)C3)O[C@H](c2ccc(-c3ccccc3CNC(=O)NCc3ccccc3)cc2)O[C@@H]1c1ccc(CO)cc1. The first-order valence-electron chi connectivity index (χ1n) is 18.6. The largest absolute Gasteiger partial charge is 0.392 e. The summed E-state index contributed by atoms with van der Waals surface area (Å²) in [4.78, 5) is 15.3. The van der Waals surface area contributed by atoms with E-state index in [2.05, 4.69) is 91.8 Å². The summed E-state index contributed by atoms with van der Waals surface area (Å²) in [5, 5.41) is 15.6. The van der Waals surface area contributed by atoms with Crippen molar-refractivity contribution in [2.24, 2.45) is 16.7 Å². The van der Waals surface area contributed by atoms with Crippen molar-refractivity contribution in [2.75, 3.05) is 13.1 Å². The second-order valence-electron chi connectivity index (χ2n) is 16.3. The summed E-state index contributed by atoms with van der Waals surface area (Å²) < 4.78 is 13.7. The minimum Gasteiger partial charge on any atom is -0.392 e. The van der Waals surface area contributed by atoms with Crippen molar-refractivity contribution in [3.63, 3.8) is 0 Å². The minimum atomic E-state index is -0.512. The summed E-state index contributed by atoms with van der Waals surface area (Å²) >= 11 is 0. The van der Waals surface area contributed by atoms with Crippen LogP contribution in [-0.4, -0.2) is 41.3 Å². The lowest BCUT2D eigenvalue weighted by atomic mass is 9.65. The molecule has 1 saturated carbocycles. The van der Waals surface area contributed by atoms with Gasteiger partial charge in [-0.25, -0.2) is 4.79 Å². The Morgan fingerprint density at radius 1 is 0.804 bits per heavy atom. The lowest BCUT2D eigenvalue weighted by Crippen LogP contribution is -2.46. The molecule has 7 nitrogen and oxygen atoms in total. The third-order valence-corrected chi connectivity index (χ3v) is 11.3. The van der Waals surface area contributed by atoms with Gasteiger partial charge in [-0.2, -0.15) is 0 Å². The van der Waals surface area contributed by atoms with Crippen LogP contribution in [0.2, 0.25) is 0 Å². The summed E-state index contributed by atoms with van der Waals surface area (Å²) in [6.07, 6.45) is 3.10. The third-order valence-electron chi connectivity index (χ3n) is 11.3. The molecule has 0 spiro atoms. The Morgan fingerprint density at radius 2 is 1.49 bits per heavy atom. The zero-order valence-electron chi connectivity index (χ0n) is 30.5. The van der Waals surface area contributed by atoms with Crippen molar-refractivity contribution >= 4 is 6.03 Å². The molecule has 2 aliphatic heterocycles. The smallest absolute Gasteiger partial charge is 0.315 e. The number of ether oxygens (including phenoxy) is 2. The highest BCUT2D eigenvalue weighted by Gasteiger charge is 2.51. The predicted octanol–water partition coefficient (Wildman–Crippen LogP) is 8.54. The number of rotatable bonds is 10. The number of nitrogens with zero attached hydrogens (tertiary/aromatic N) is 1. The number of aliphatic hydroxyl groups excluding tert-OH is 1. The predicted molar refractivity (Wildman–Crippen MR) is 201 cm³/mol. The van der Waals surface area contributed by atoms with Gasteiger partial charge in [-0.05, 0) is 63.5 Å². The first kappa shape index (κ1) is 35.4. The van der Waals surface area contributed by atoms with Crippen molar-refractivity contribution in [3.8, 4) is 11.1 Å². The number of fused-ring (bicyclic) bond motifs is 2. The molecular weight excluding hydrogens is 635 g/mol. The number of carbonyl (C=O) groups excluding carboxylic acids is 1. The first-order chi connectivity index (χ1) is 24.6. The van der Waals surface area contributed by atoms with E-state index in [-0.39, 0.29) is 30.8 Å². The van der Waals surface area contributed by atoms with Gasteiger partial charge in [0.2, 0.25) is 0 Å². The van der Waals surface area contributed by atoms with Crippen LogP contribution < -0.4 is 10.6 Å². The maximum atomic E-state index is 12.6. The van der Waals surface area contributed by atoms with Gasteiger partial charge in [0.15, 0.2) is 6.29 Å². The van der Waals surface area contributed by atoms with E-state index in [0.29, 0.717) is 30.0 Å². The summed E-state index contributed by atoms with van der Waals surface area (Å²) in [5.41, 5.74) is 7.94. The molecule has 2 bridgehead atoms. The van der Waals surface area contributed by atoms with E-state index in [1.807, 2.05) is 54.6 Å². The number of hydrogen-bond acceptors (Lipinski definition) is 5. The third kappa shape index (κ3) is 8.23. The summed E-state index contributed by atoms with van der Waals surface area (Å²) in [6.45, 7) is 12.5. The van der Waals surface area contributed by atoms with Crippen molar-refractivity contribution < 1.29 is 19.4 Å².